The molecule has 152 valence electrons. The van der Waals surface area contributed by atoms with E-state index in [-0.39, 0.29) is 42.3 Å². The van der Waals surface area contributed by atoms with E-state index in [1.807, 2.05) is 19.1 Å². The minimum absolute atomic E-state index is 0.0195. The van der Waals surface area contributed by atoms with Crippen molar-refractivity contribution in [2.75, 3.05) is 6.61 Å². The molecular weight excluding hydrogens is 348 g/mol. The quantitative estimate of drug-likeness (QED) is 0.448. The van der Waals surface area contributed by atoms with Crippen molar-refractivity contribution in [3.8, 4) is 0 Å². The number of Topliss-reactive ketones (excluding diaryl/α,β-unsaturated/α-hetero) is 1. The molecule has 0 aromatic rings. The Morgan fingerprint density at radius 2 is 1.81 bits per heavy atom. The van der Waals surface area contributed by atoms with Crippen LogP contribution < -0.4 is 0 Å². The maximum Gasteiger partial charge on any atom is 0.313 e. The highest BCUT2D eigenvalue weighted by molar-refractivity contribution is 5.97. The summed E-state index contributed by atoms with van der Waals surface area (Å²) in [5, 5.41) is 10.7. The third kappa shape index (κ3) is 5.41. The first-order chi connectivity index (χ1) is 12.5. The Morgan fingerprint density at radius 3 is 2.41 bits per heavy atom. The predicted molar refractivity (Wildman–Crippen MR) is 99.6 cm³/mol. The fourth-order valence-corrected chi connectivity index (χ4v) is 4.35. The number of hydrogen-bond acceptors (Lipinski definition) is 6. The van der Waals surface area contributed by atoms with Crippen LogP contribution in [0.4, 0.5) is 0 Å². The molecule has 0 heterocycles. The lowest BCUT2D eigenvalue weighted by Crippen LogP contribution is -2.48. The number of ketones is 1. The third-order valence-corrected chi connectivity index (χ3v) is 5.42. The number of aliphatic hydroxyl groups is 1. The summed E-state index contributed by atoms with van der Waals surface area (Å²) in [6, 6.07) is 0. The number of carbonyl (C=O) groups is 3. The molecule has 6 heteroatoms. The molecule has 27 heavy (non-hydrogen) atoms. The number of hydrogen-bond donors (Lipinski definition) is 1. The van der Waals surface area contributed by atoms with Gasteiger partial charge >= 0.3 is 11.9 Å². The second-order valence-corrected chi connectivity index (χ2v) is 8.73. The van der Waals surface area contributed by atoms with Crippen molar-refractivity contribution in [2.45, 2.75) is 65.6 Å². The first-order valence-corrected chi connectivity index (χ1v) is 9.81. The second-order valence-electron chi connectivity index (χ2n) is 8.73. The maximum absolute atomic E-state index is 12.6. The largest absolute Gasteiger partial charge is 0.466 e. The summed E-state index contributed by atoms with van der Waals surface area (Å²) >= 11 is 0. The average Bonchev–Trinajstić information content (AvgIpc) is 2.53. The summed E-state index contributed by atoms with van der Waals surface area (Å²) < 4.78 is 10.4. The lowest BCUT2D eigenvalue weighted by molar-refractivity contribution is -0.158. The maximum atomic E-state index is 12.6. The van der Waals surface area contributed by atoms with E-state index in [2.05, 4.69) is 0 Å². The molecule has 2 rings (SSSR count). The van der Waals surface area contributed by atoms with E-state index in [0.29, 0.717) is 13.0 Å². The van der Waals surface area contributed by atoms with Gasteiger partial charge in [0, 0.05) is 11.8 Å². The van der Waals surface area contributed by atoms with Crippen LogP contribution >= 0.6 is 0 Å². The number of fused-ring (bicyclic) bond motifs is 1. The molecular formula is C21H32O6. The number of carbonyl (C=O) groups excluding carboxylic acids is 3. The normalized spacial score (nSPS) is 33.1. The van der Waals surface area contributed by atoms with Crippen molar-refractivity contribution >= 4 is 17.7 Å². The van der Waals surface area contributed by atoms with E-state index >= 15 is 0 Å². The van der Waals surface area contributed by atoms with Crippen molar-refractivity contribution in [2.24, 2.45) is 29.6 Å². The van der Waals surface area contributed by atoms with Gasteiger partial charge in [-0.05, 0) is 52.4 Å². The molecule has 0 bridgehead atoms. The van der Waals surface area contributed by atoms with Gasteiger partial charge in [0.25, 0.3) is 0 Å². The lowest BCUT2D eigenvalue weighted by atomic mass is 9.61. The highest BCUT2D eigenvalue weighted by Crippen LogP contribution is 2.45. The zero-order valence-corrected chi connectivity index (χ0v) is 16.9. The SMILES string of the molecule is CCOC(=O)[C@@H]1C2C(O)C[C@@H](C(=O)CC(=O)OC(C)(C)C)CC2C=C[C@@H]1C. The van der Waals surface area contributed by atoms with Crippen LogP contribution in [0.3, 0.4) is 0 Å². The Bertz CT molecular complexity index is 602. The monoisotopic (exact) mass is 380 g/mol. The molecule has 2 aliphatic rings. The van der Waals surface area contributed by atoms with Crippen molar-refractivity contribution in [3.05, 3.63) is 12.2 Å². The summed E-state index contributed by atoms with van der Waals surface area (Å²) in [6.45, 7) is 9.29. The highest BCUT2D eigenvalue weighted by atomic mass is 16.6. The Hall–Kier alpha value is -1.69. The smallest absolute Gasteiger partial charge is 0.313 e. The van der Waals surface area contributed by atoms with Gasteiger partial charge in [-0.1, -0.05) is 19.1 Å². The van der Waals surface area contributed by atoms with Gasteiger partial charge in [0.1, 0.15) is 17.8 Å². The molecule has 0 radical (unpaired) electrons. The summed E-state index contributed by atoms with van der Waals surface area (Å²) in [6.07, 6.45) is 3.70. The third-order valence-electron chi connectivity index (χ3n) is 5.42. The molecule has 0 aliphatic heterocycles. The summed E-state index contributed by atoms with van der Waals surface area (Å²) in [5.74, 6) is -2.20. The van der Waals surface area contributed by atoms with Gasteiger partial charge in [-0.15, -0.1) is 0 Å². The standard InChI is InChI=1S/C21H32O6/c1-6-26-20(25)18-12(2)7-8-13-9-14(10-16(23)19(13)18)15(22)11-17(24)27-21(3,4)5/h7-8,12-14,16,18-19,23H,6,9-11H2,1-5H3/t12-,13?,14-,16?,18-,19?/m0/s1. The summed E-state index contributed by atoms with van der Waals surface area (Å²) in [4.78, 5) is 36.9. The number of ether oxygens (including phenoxy) is 2. The molecule has 0 amide bonds. The fourth-order valence-electron chi connectivity index (χ4n) is 4.35. The molecule has 0 aromatic heterocycles. The topological polar surface area (TPSA) is 89.9 Å². The Morgan fingerprint density at radius 1 is 1.15 bits per heavy atom. The molecule has 0 aromatic carbocycles. The predicted octanol–water partition coefficient (Wildman–Crippen LogP) is 2.68. The van der Waals surface area contributed by atoms with Gasteiger partial charge in [0.15, 0.2) is 0 Å². The van der Waals surface area contributed by atoms with Crippen LogP contribution in [-0.4, -0.2) is 41.1 Å². The molecule has 2 aliphatic carbocycles. The fraction of sp³-hybridized carbons (Fsp3) is 0.762. The molecule has 0 saturated heterocycles. The van der Waals surface area contributed by atoms with Crippen molar-refractivity contribution in [1.29, 1.82) is 0 Å². The van der Waals surface area contributed by atoms with E-state index in [9.17, 15) is 19.5 Å². The van der Waals surface area contributed by atoms with E-state index < -0.39 is 29.5 Å². The van der Waals surface area contributed by atoms with Gasteiger partial charge in [0.05, 0.1) is 18.6 Å². The van der Waals surface area contributed by atoms with Crippen LogP contribution in [-0.2, 0) is 23.9 Å². The van der Waals surface area contributed by atoms with Crippen LogP contribution in [0.25, 0.3) is 0 Å². The molecule has 3 unspecified atom stereocenters. The Balaban J connectivity index is 2.07. The number of aliphatic hydroxyl groups excluding tert-OH is 1. The highest BCUT2D eigenvalue weighted by Gasteiger charge is 2.48. The zero-order valence-electron chi connectivity index (χ0n) is 16.9. The van der Waals surface area contributed by atoms with Crippen LogP contribution in [0, 0.1) is 29.6 Å². The molecule has 1 saturated carbocycles. The van der Waals surface area contributed by atoms with Gasteiger partial charge < -0.3 is 14.6 Å². The van der Waals surface area contributed by atoms with Crippen molar-refractivity contribution in [1.82, 2.24) is 0 Å². The average molecular weight is 380 g/mol. The van der Waals surface area contributed by atoms with E-state index in [4.69, 9.17) is 9.47 Å². The summed E-state index contributed by atoms with van der Waals surface area (Å²) in [7, 11) is 0. The molecule has 6 nitrogen and oxygen atoms in total. The van der Waals surface area contributed by atoms with Crippen molar-refractivity contribution in [3.63, 3.8) is 0 Å². The second kappa shape index (κ2) is 8.55. The minimum Gasteiger partial charge on any atom is -0.466 e. The van der Waals surface area contributed by atoms with Gasteiger partial charge in [-0.2, -0.15) is 0 Å². The summed E-state index contributed by atoms with van der Waals surface area (Å²) in [5.41, 5.74) is -0.635. The first kappa shape index (κ1) is 21.6. The Labute approximate surface area is 161 Å². The molecule has 6 atom stereocenters. The Kier molecular flexibility index (Phi) is 6.84. The van der Waals surface area contributed by atoms with E-state index in [0.717, 1.165) is 0 Å². The first-order valence-electron chi connectivity index (χ1n) is 9.81. The number of allylic oxidation sites excluding steroid dienone is 2. The molecule has 0 spiro atoms. The van der Waals surface area contributed by atoms with E-state index in [1.54, 1.807) is 27.7 Å². The van der Waals surface area contributed by atoms with Crippen LogP contribution in [0.1, 0.15) is 53.9 Å². The number of rotatable bonds is 5. The number of esters is 2. The van der Waals surface area contributed by atoms with E-state index in [1.165, 1.54) is 0 Å². The van der Waals surface area contributed by atoms with Crippen LogP contribution in [0.2, 0.25) is 0 Å². The van der Waals surface area contributed by atoms with Crippen LogP contribution in [0.5, 0.6) is 0 Å². The van der Waals surface area contributed by atoms with Crippen LogP contribution in [0.15, 0.2) is 12.2 Å². The molecule has 1 N–H and O–H groups in total. The molecule has 1 fully saturated rings. The minimum atomic E-state index is -0.779. The zero-order chi connectivity index (χ0) is 20.4. The lowest BCUT2D eigenvalue weighted by Gasteiger charge is -2.45. The van der Waals surface area contributed by atoms with Gasteiger partial charge in [0.2, 0.25) is 0 Å². The van der Waals surface area contributed by atoms with Gasteiger partial charge in [-0.25, -0.2) is 0 Å². The van der Waals surface area contributed by atoms with Crippen molar-refractivity contribution < 1.29 is 29.0 Å². The van der Waals surface area contributed by atoms with Gasteiger partial charge in [-0.3, -0.25) is 14.4 Å².